The van der Waals surface area contributed by atoms with Crippen LogP contribution in [0, 0.1) is 5.41 Å². The predicted octanol–water partition coefficient (Wildman–Crippen LogP) is 2.09. The Labute approximate surface area is 76.4 Å². The molecular weight excluding hydrogens is 148 g/mol. The average molecular weight is 170 g/mol. The Morgan fingerprint density at radius 2 is 1.83 bits per heavy atom. The molecule has 0 aliphatic carbocycles. The Bertz CT molecular complexity index is 142. The fraction of sp³-hybridized carbons (Fsp3) is 0.800. The van der Waals surface area contributed by atoms with Crippen molar-refractivity contribution in [3.05, 3.63) is 12.2 Å². The highest BCUT2D eigenvalue weighted by Crippen LogP contribution is 2.22. The van der Waals surface area contributed by atoms with Gasteiger partial charge in [0.15, 0.2) is 0 Å². The van der Waals surface area contributed by atoms with Crippen molar-refractivity contribution >= 4 is 0 Å². The van der Waals surface area contributed by atoms with Crippen LogP contribution in [0.1, 0.15) is 34.6 Å². The van der Waals surface area contributed by atoms with Crippen molar-refractivity contribution in [1.29, 1.82) is 0 Å². The third-order valence-corrected chi connectivity index (χ3v) is 1.75. The normalized spacial score (nSPS) is 12.2. The Kier molecular flexibility index (Phi) is 4.50. The maximum Gasteiger partial charge on any atom is 0.0313 e. The third kappa shape index (κ3) is 5.33. The highest BCUT2D eigenvalue weighted by atomic mass is 15.4. The van der Waals surface area contributed by atoms with Gasteiger partial charge in [-0.3, -0.25) is 10.9 Å². The topological polar surface area (TPSA) is 24.1 Å². The Hall–Kier alpha value is -0.340. The van der Waals surface area contributed by atoms with Crippen molar-refractivity contribution in [3.8, 4) is 0 Å². The number of hydrogen-bond donors (Lipinski definition) is 2. The van der Waals surface area contributed by atoms with Gasteiger partial charge < -0.3 is 0 Å². The van der Waals surface area contributed by atoms with Crippen LogP contribution in [-0.2, 0) is 0 Å². The van der Waals surface area contributed by atoms with Gasteiger partial charge in [0, 0.05) is 12.6 Å². The van der Waals surface area contributed by atoms with Gasteiger partial charge in [-0.25, -0.2) is 0 Å². The van der Waals surface area contributed by atoms with Gasteiger partial charge in [-0.05, 0) is 19.3 Å². The molecule has 0 atom stereocenters. The lowest BCUT2D eigenvalue weighted by Crippen LogP contribution is -2.39. The minimum atomic E-state index is 0.200. The van der Waals surface area contributed by atoms with Crippen LogP contribution in [0.5, 0.6) is 0 Å². The zero-order valence-electron chi connectivity index (χ0n) is 8.99. The molecule has 0 spiro atoms. The number of hydrogen-bond acceptors (Lipinski definition) is 2. The van der Waals surface area contributed by atoms with Crippen molar-refractivity contribution < 1.29 is 0 Å². The van der Waals surface area contributed by atoms with Crippen LogP contribution >= 0.6 is 0 Å². The summed E-state index contributed by atoms with van der Waals surface area (Å²) < 4.78 is 0. The van der Waals surface area contributed by atoms with E-state index in [-0.39, 0.29) is 5.41 Å². The molecule has 0 saturated carbocycles. The molecule has 0 aromatic heterocycles. The van der Waals surface area contributed by atoms with Gasteiger partial charge in [0.2, 0.25) is 0 Å². The van der Waals surface area contributed by atoms with E-state index in [1.54, 1.807) is 0 Å². The van der Waals surface area contributed by atoms with Crippen LogP contribution in [0.4, 0.5) is 0 Å². The van der Waals surface area contributed by atoms with Gasteiger partial charge in [0.05, 0.1) is 0 Å². The summed E-state index contributed by atoms with van der Waals surface area (Å²) in [6.07, 6.45) is 0. The van der Waals surface area contributed by atoms with Gasteiger partial charge in [-0.2, -0.15) is 0 Å². The maximum atomic E-state index is 4.02. The standard InChI is InChI=1S/C10H22N2/c1-8(2)12-11-7-9(3)10(4,5)6/h8,11-12H,3,7H2,1-2,4-6H3. The number of nitrogens with one attached hydrogen (secondary N) is 2. The summed E-state index contributed by atoms with van der Waals surface area (Å²) in [5.74, 6) is 0. The summed E-state index contributed by atoms with van der Waals surface area (Å²) in [5.41, 5.74) is 7.70. The van der Waals surface area contributed by atoms with Gasteiger partial charge in [-0.1, -0.05) is 32.9 Å². The van der Waals surface area contributed by atoms with Crippen LogP contribution in [0.2, 0.25) is 0 Å². The van der Waals surface area contributed by atoms with Crippen molar-refractivity contribution in [2.75, 3.05) is 6.54 Å². The lowest BCUT2D eigenvalue weighted by molar-refractivity contribution is 0.437. The van der Waals surface area contributed by atoms with Crippen molar-refractivity contribution in [1.82, 2.24) is 10.9 Å². The highest BCUT2D eigenvalue weighted by molar-refractivity contribution is 5.06. The molecular formula is C10H22N2. The summed E-state index contributed by atoms with van der Waals surface area (Å²) in [6, 6.07) is 0.470. The summed E-state index contributed by atoms with van der Waals surface area (Å²) in [4.78, 5) is 0. The Morgan fingerprint density at radius 3 is 2.17 bits per heavy atom. The summed E-state index contributed by atoms with van der Waals surface area (Å²) in [6.45, 7) is 15.6. The molecule has 72 valence electrons. The van der Waals surface area contributed by atoms with E-state index >= 15 is 0 Å². The third-order valence-electron chi connectivity index (χ3n) is 1.75. The molecule has 12 heavy (non-hydrogen) atoms. The van der Waals surface area contributed by atoms with Crippen LogP contribution in [-0.4, -0.2) is 12.6 Å². The molecule has 0 saturated heterocycles. The van der Waals surface area contributed by atoms with Gasteiger partial charge in [-0.15, -0.1) is 0 Å². The molecule has 0 fully saturated rings. The van der Waals surface area contributed by atoms with E-state index in [1.165, 1.54) is 5.57 Å². The summed E-state index contributed by atoms with van der Waals surface area (Å²) in [5, 5.41) is 0. The fourth-order valence-electron chi connectivity index (χ4n) is 0.627. The zero-order valence-corrected chi connectivity index (χ0v) is 8.99. The van der Waals surface area contributed by atoms with E-state index in [0.29, 0.717) is 6.04 Å². The zero-order chi connectivity index (χ0) is 9.78. The van der Waals surface area contributed by atoms with Gasteiger partial charge in [0.1, 0.15) is 0 Å². The molecule has 0 aliphatic rings. The summed E-state index contributed by atoms with van der Waals surface area (Å²) >= 11 is 0. The highest BCUT2D eigenvalue weighted by Gasteiger charge is 2.13. The predicted molar refractivity (Wildman–Crippen MR) is 54.9 cm³/mol. The van der Waals surface area contributed by atoms with Crippen molar-refractivity contribution in [3.63, 3.8) is 0 Å². The van der Waals surface area contributed by atoms with E-state index in [9.17, 15) is 0 Å². The number of rotatable bonds is 4. The molecule has 0 radical (unpaired) electrons. The molecule has 0 amide bonds. The fourth-order valence-corrected chi connectivity index (χ4v) is 0.627. The van der Waals surface area contributed by atoms with Gasteiger partial charge in [0.25, 0.3) is 0 Å². The van der Waals surface area contributed by atoms with Crippen LogP contribution in [0.25, 0.3) is 0 Å². The van der Waals surface area contributed by atoms with E-state index in [4.69, 9.17) is 0 Å². The molecule has 0 unspecified atom stereocenters. The van der Waals surface area contributed by atoms with Crippen LogP contribution < -0.4 is 10.9 Å². The number of hydrazine groups is 1. The molecule has 2 nitrogen and oxygen atoms in total. The first-order valence-corrected chi connectivity index (χ1v) is 4.50. The van der Waals surface area contributed by atoms with Crippen LogP contribution in [0.15, 0.2) is 12.2 Å². The molecule has 0 aliphatic heterocycles. The quantitative estimate of drug-likeness (QED) is 0.498. The minimum absolute atomic E-state index is 0.200. The van der Waals surface area contributed by atoms with Crippen molar-refractivity contribution in [2.24, 2.45) is 5.41 Å². The lowest BCUT2D eigenvalue weighted by Gasteiger charge is -2.22. The molecule has 0 aromatic carbocycles. The molecule has 2 N–H and O–H groups in total. The lowest BCUT2D eigenvalue weighted by atomic mass is 9.88. The first-order chi connectivity index (χ1) is 5.34. The van der Waals surface area contributed by atoms with E-state index in [0.717, 1.165) is 6.54 Å². The Balaban J connectivity index is 3.59. The minimum Gasteiger partial charge on any atom is -0.255 e. The Morgan fingerprint density at radius 1 is 1.33 bits per heavy atom. The molecule has 0 rings (SSSR count). The second kappa shape index (κ2) is 4.63. The summed E-state index contributed by atoms with van der Waals surface area (Å²) in [7, 11) is 0. The molecule has 2 heteroatoms. The molecule has 0 heterocycles. The monoisotopic (exact) mass is 170 g/mol. The SMILES string of the molecule is C=C(CNNC(C)C)C(C)(C)C. The molecule has 0 bridgehead atoms. The van der Waals surface area contributed by atoms with Crippen LogP contribution in [0.3, 0.4) is 0 Å². The van der Waals surface area contributed by atoms with E-state index < -0.39 is 0 Å². The second-order valence-corrected chi connectivity index (χ2v) is 4.51. The maximum absolute atomic E-state index is 4.02. The van der Waals surface area contributed by atoms with Crippen molar-refractivity contribution in [2.45, 2.75) is 40.7 Å². The first-order valence-electron chi connectivity index (χ1n) is 4.50. The van der Waals surface area contributed by atoms with E-state index in [2.05, 4.69) is 52.0 Å². The van der Waals surface area contributed by atoms with Gasteiger partial charge >= 0.3 is 0 Å². The molecule has 0 aromatic rings. The smallest absolute Gasteiger partial charge is 0.0313 e. The first kappa shape index (κ1) is 11.7. The largest absolute Gasteiger partial charge is 0.255 e. The van der Waals surface area contributed by atoms with E-state index in [1.807, 2.05) is 0 Å². The average Bonchev–Trinajstić information content (AvgIpc) is 1.84. The second-order valence-electron chi connectivity index (χ2n) is 4.51.